The second kappa shape index (κ2) is 21.8. The molecule has 0 bridgehead atoms. The van der Waals surface area contributed by atoms with Gasteiger partial charge in [0.1, 0.15) is 0 Å². The summed E-state index contributed by atoms with van der Waals surface area (Å²) in [6.45, 7) is 24.3. The zero-order valence-corrected chi connectivity index (χ0v) is 37.4. The van der Waals surface area contributed by atoms with Crippen LogP contribution in [0.15, 0.2) is 127 Å². The molecule has 0 aromatic heterocycles. The van der Waals surface area contributed by atoms with Gasteiger partial charge < -0.3 is 25.3 Å². The summed E-state index contributed by atoms with van der Waals surface area (Å²) < 4.78 is 0. The number of carbonyl (C=O) groups is 1. The molecule has 2 N–H and O–H groups in total. The summed E-state index contributed by atoms with van der Waals surface area (Å²) in [4.78, 5) is 34.5. The maximum atomic E-state index is 13.3. The van der Waals surface area contributed by atoms with E-state index < -0.39 is 16.7 Å². The lowest BCUT2D eigenvalue weighted by Crippen LogP contribution is -2.21. The predicted octanol–water partition coefficient (Wildman–Crippen LogP) is 11.4. The Labute approximate surface area is 364 Å². The summed E-state index contributed by atoms with van der Waals surface area (Å²) in [7, 11) is 0. The van der Waals surface area contributed by atoms with Crippen LogP contribution in [0.25, 0.3) is 11.1 Å². The molecule has 5 rings (SSSR count). The van der Waals surface area contributed by atoms with Gasteiger partial charge in [-0.1, -0.05) is 60.7 Å². The fourth-order valence-electron chi connectivity index (χ4n) is 8.23. The van der Waals surface area contributed by atoms with Crippen molar-refractivity contribution in [1.29, 1.82) is 0 Å². The van der Waals surface area contributed by atoms with Crippen LogP contribution in [0, 0.1) is 10.1 Å². The molecule has 0 heterocycles. The number of rotatable bonds is 21. The molecule has 61 heavy (non-hydrogen) atoms. The fraction of sp³-hybridized carbons (Fsp3) is 0.327. The maximum Gasteiger partial charge on any atom is 0.269 e. The van der Waals surface area contributed by atoms with E-state index in [1.54, 1.807) is 0 Å². The average Bonchev–Trinajstić information content (AvgIpc) is 3.29. The Balaban J connectivity index is 1.87. The highest BCUT2D eigenvalue weighted by molar-refractivity contribution is 5.96. The Morgan fingerprint density at radius 1 is 0.508 bits per heavy atom. The highest BCUT2D eigenvalue weighted by atomic mass is 16.6. The number of primary amides is 1. The topological polar surface area (TPSA) is 99.2 Å². The number of carbonyl (C=O) groups excluding carboxylic acids is 1. The molecule has 0 aliphatic carbocycles. The molecule has 0 atom stereocenters. The molecule has 0 fully saturated rings. The number of anilines is 4. The van der Waals surface area contributed by atoms with E-state index in [1.165, 1.54) is 18.2 Å². The van der Waals surface area contributed by atoms with Gasteiger partial charge in [-0.2, -0.15) is 0 Å². The van der Waals surface area contributed by atoms with Crippen molar-refractivity contribution in [2.45, 2.75) is 61.3 Å². The number of hydrogen-bond acceptors (Lipinski definition) is 7. The molecule has 9 heteroatoms. The molecule has 0 saturated carbocycles. The minimum absolute atomic E-state index is 0.116. The van der Waals surface area contributed by atoms with Crippen molar-refractivity contribution in [3.05, 3.63) is 171 Å². The molecule has 0 aliphatic heterocycles. The number of nitrogens with two attached hydrogens (primary N) is 1. The monoisotopic (exact) mass is 821 g/mol. The van der Waals surface area contributed by atoms with Gasteiger partial charge in [-0.05, 0) is 149 Å². The Hall–Kier alpha value is -6.35. The number of nitro groups is 1. The fourth-order valence-corrected chi connectivity index (χ4v) is 8.23. The number of benzene rings is 5. The Kier molecular flexibility index (Phi) is 16.3. The van der Waals surface area contributed by atoms with E-state index in [0.717, 1.165) is 109 Å². The first-order chi connectivity index (χ1) is 29.5. The van der Waals surface area contributed by atoms with Gasteiger partial charge in [0.15, 0.2) is 0 Å². The van der Waals surface area contributed by atoms with Crippen LogP contribution < -0.4 is 25.3 Å². The molecule has 9 nitrogen and oxygen atoms in total. The van der Waals surface area contributed by atoms with Gasteiger partial charge in [0, 0.05) is 98.7 Å². The van der Waals surface area contributed by atoms with E-state index in [9.17, 15) is 14.9 Å². The number of amides is 1. The van der Waals surface area contributed by atoms with Crippen molar-refractivity contribution in [2.24, 2.45) is 5.73 Å². The van der Waals surface area contributed by atoms with E-state index in [4.69, 9.17) is 5.73 Å². The predicted molar refractivity (Wildman–Crippen MR) is 259 cm³/mol. The first-order valence-corrected chi connectivity index (χ1v) is 22.0. The third-order valence-corrected chi connectivity index (χ3v) is 11.8. The first-order valence-electron chi connectivity index (χ1n) is 22.0. The van der Waals surface area contributed by atoms with Crippen LogP contribution in [0.3, 0.4) is 0 Å². The van der Waals surface area contributed by atoms with E-state index >= 15 is 0 Å². The smallest absolute Gasteiger partial charge is 0.269 e. The van der Waals surface area contributed by atoms with E-state index in [2.05, 4.69) is 184 Å². The Morgan fingerprint density at radius 3 is 1.02 bits per heavy atom. The SMILES string of the molecule is CCN(CC)c1ccc(C(=CC(C=C(c2ccc(N(CC)CC)cc2)c2ccc(N(CC)CC)cc2)c2cc([N+](=O)[O-])ccc2C(N)=O)c2ccc(N(CC)CC)cc2)cc1. The van der Waals surface area contributed by atoms with E-state index in [0.29, 0.717) is 5.56 Å². The number of nitrogens with zero attached hydrogens (tertiary/aromatic N) is 5. The summed E-state index contributed by atoms with van der Waals surface area (Å²) in [6.07, 6.45) is 4.28. The Bertz CT molecular complexity index is 2010. The molecule has 0 aliphatic rings. The molecule has 5 aromatic rings. The molecule has 320 valence electrons. The zero-order valence-electron chi connectivity index (χ0n) is 37.4. The zero-order chi connectivity index (χ0) is 44.1. The van der Waals surface area contributed by atoms with Gasteiger partial charge in [-0.3, -0.25) is 14.9 Å². The van der Waals surface area contributed by atoms with Gasteiger partial charge in [-0.15, -0.1) is 0 Å². The van der Waals surface area contributed by atoms with Crippen LogP contribution in [-0.2, 0) is 0 Å². The van der Waals surface area contributed by atoms with Crippen molar-refractivity contribution >= 4 is 45.5 Å². The minimum Gasteiger partial charge on any atom is -0.372 e. The van der Waals surface area contributed by atoms with Crippen LogP contribution in [0.4, 0.5) is 28.4 Å². The molecule has 0 spiro atoms. The molecular formula is C52H64N6O3. The lowest BCUT2D eigenvalue weighted by Gasteiger charge is -2.24. The quantitative estimate of drug-likeness (QED) is 0.0581. The van der Waals surface area contributed by atoms with Crippen LogP contribution in [0.5, 0.6) is 0 Å². The summed E-state index contributed by atoms with van der Waals surface area (Å²) in [5.41, 5.74) is 16.9. The van der Waals surface area contributed by atoms with Crippen molar-refractivity contribution in [2.75, 3.05) is 72.0 Å². The largest absolute Gasteiger partial charge is 0.372 e. The second-order valence-electron chi connectivity index (χ2n) is 15.0. The van der Waals surface area contributed by atoms with Gasteiger partial charge in [0.2, 0.25) is 5.91 Å². The lowest BCUT2D eigenvalue weighted by molar-refractivity contribution is -0.384. The normalized spacial score (nSPS) is 10.9. The van der Waals surface area contributed by atoms with Crippen molar-refractivity contribution < 1.29 is 9.72 Å². The van der Waals surface area contributed by atoms with E-state index in [1.807, 2.05) is 0 Å². The summed E-state index contributed by atoms with van der Waals surface area (Å²) in [5.74, 6) is -1.29. The van der Waals surface area contributed by atoms with Gasteiger partial charge >= 0.3 is 0 Å². The third-order valence-electron chi connectivity index (χ3n) is 11.8. The Morgan fingerprint density at radius 2 is 0.787 bits per heavy atom. The summed E-state index contributed by atoms with van der Waals surface area (Å²) in [5, 5.41) is 12.4. The molecule has 5 aromatic carbocycles. The molecule has 1 amide bonds. The minimum atomic E-state index is -0.654. The molecule has 0 unspecified atom stereocenters. The van der Waals surface area contributed by atoms with Gasteiger partial charge in [-0.25, -0.2) is 0 Å². The van der Waals surface area contributed by atoms with Crippen molar-refractivity contribution in [3.63, 3.8) is 0 Å². The highest BCUT2D eigenvalue weighted by Gasteiger charge is 2.23. The van der Waals surface area contributed by atoms with Gasteiger partial charge in [0.25, 0.3) is 5.69 Å². The first kappa shape index (κ1) is 45.7. The number of allylic oxidation sites excluding steroid dienone is 2. The van der Waals surface area contributed by atoms with E-state index in [-0.39, 0.29) is 11.3 Å². The van der Waals surface area contributed by atoms with Crippen molar-refractivity contribution in [3.8, 4) is 0 Å². The van der Waals surface area contributed by atoms with Crippen LogP contribution in [-0.4, -0.2) is 63.2 Å². The number of non-ortho nitro benzene ring substituents is 1. The average molecular weight is 821 g/mol. The third kappa shape index (κ3) is 10.9. The van der Waals surface area contributed by atoms with Crippen molar-refractivity contribution in [1.82, 2.24) is 0 Å². The standard InChI is InChI=1S/C52H64N6O3/c1-9-54(10-2)43-25-17-38(18-26-43)49(39-19-27-44(28-20-39)55(11-3)12-4)35-42(51-37-47(58(60)61)33-34-48(51)52(53)59)36-50(40-21-29-45(30-22-40)56(13-5)14-6)41-23-31-46(32-24-41)57(15-7)16-8/h17-37,42H,9-16H2,1-8H3,(H2,53,59). The number of nitro benzene ring substituents is 1. The molecule has 0 radical (unpaired) electrons. The van der Waals surface area contributed by atoms with Crippen LogP contribution in [0.1, 0.15) is 99.5 Å². The molecular weight excluding hydrogens is 757 g/mol. The number of hydrogen-bond donors (Lipinski definition) is 1. The summed E-state index contributed by atoms with van der Waals surface area (Å²) >= 11 is 0. The second-order valence-corrected chi connectivity index (χ2v) is 15.0. The lowest BCUT2D eigenvalue weighted by atomic mass is 9.84. The molecule has 0 saturated heterocycles. The highest BCUT2D eigenvalue weighted by Crippen LogP contribution is 2.38. The van der Waals surface area contributed by atoms with Crippen LogP contribution >= 0.6 is 0 Å². The van der Waals surface area contributed by atoms with Crippen LogP contribution in [0.2, 0.25) is 0 Å². The summed E-state index contributed by atoms with van der Waals surface area (Å²) in [6, 6.07) is 38.6. The maximum absolute atomic E-state index is 13.3. The van der Waals surface area contributed by atoms with Gasteiger partial charge in [0.05, 0.1) is 4.92 Å².